The van der Waals surface area contributed by atoms with E-state index in [1.165, 1.54) is 11.0 Å². The molecule has 0 saturated carbocycles. The SMILES string of the molecule is O=C(Nc1ccccc1SC(F)F)N1CCCC(O)C1. The maximum absolute atomic E-state index is 12.5. The highest BCUT2D eigenvalue weighted by Gasteiger charge is 2.22. The van der Waals surface area contributed by atoms with E-state index in [1.807, 2.05) is 0 Å². The smallest absolute Gasteiger partial charge is 0.321 e. The summed E-state index contributed by atoms with van der Waals surface area (Å²) in [6.07, 6.45) is 0.907. The van der Waals surface area contributed by atoms with Crippen molar-refractivity contribution in [2.45, 2.75) is 29.6 Å². The molecule has 0 aliphatic carbocycles. The molecule has 1 aromatic carbocycles. The number of likely N-dealkylation sites (tertiary alicyclic amines) is 1. The van der Waals surface area contributed by atoms with Gasteiger partial charge < -0.3 is 15.3 Å². The van der Waals surface area contributed by atoms with Gasteiger partial charge in [-0.15, -0.1) is 0 Å². The number of para-hydroxylation sites is 1. The van der Waals surface area contributed by atoms with E-state index >= 15 is 0 Å². The summed E-state index contributed by atoms with van der Waals surface area (Å²) < 4.78 is 24.9. The average Bonchev–Trinajstić information content (AvgIpc) is 2.40. The number of nitrogens with one attached hydrogen (secondary N) is 1. The molecule has 20 heavy (non-hydrogen) atoms. The van der Waals surface area contributed by atoms with Crippen LogP contribution in [-0.2, 0) is 0 Å². The van der Waals surface area contributed by atoms with Gasteiger partial charge in [0.25, 0.3) is 5.76 Å². The maximum Gasteiger partial charge on any atom is 0.321 e. The summed E-state index contributed by atoms with van der Waals surface area (Å²) in [5, 5.41) is 12.2. The second-order valence-corrected chi connectivity index (χ2v) is 5.58. The molecule has 0 spiro atoms. The molecule has 2 amide bonds. The monoisotopic (exact) mass is 302 g/mol. The zero-order chi connectivity index (χ0) is 14.5. The maximum atomic E-state index is 12.5. The minimum Gasteiger partial charge on any atom is -0.391 e. The van der Waals surface area contributed by atoms with Crippen molar-refractivity contribution in [1.29, 1.82) is 0 Å². The van der Waals surface area contributed by atoms with Crippen LogP contribution in [0.25, 0.3) is 0 Å². The molecular formula is C13H16F2N2O2S. The van der Waals surface area contributed by atoms with Crippen LogP contribution in [0.15, 0.2) is 29.2 Å². The van der Waals surface area contributed by atoms with Crippen molar-refractivity contribution in [3.63, 3.8) is 0 Å². The van der Waals surface area contributed by atoms with E-state index < -0.39 is 11.9 Å². The highest BCUT2D eigenvalue weighted by atomic mass is 32.2. The molecule has 2 rings (SSSR count). The third-order valence-electron chi connectivity index (χ3n) is 3.03. The second-order valence-electron chi connectivity index (χ2n) is 4.55. The first kappa shape index (κ1) is 15.1. The largest absolute Gasteiger partial charge is 0.391 e. The Labute approximate surface area is 120 Å². The number of amides is 2. The molecule has 1 unspecified atom stereocenters. The normalized spacial score (nSPS) is 19.2. The molecule has 0 aromatic heterocycles. The fraction of sp³-hybridized carbons (Fsp3) is 0.462. The summed E-state index contributed by atoms with van der Waals surface area (Å²) in [6.45, 7) is 0.836. The highest BCUT2D eigenvalue weighted by molar-refractivity contribution is 7.99. The minimum atomic E-state index is -2.54. The number of β-amino-alcohol motifs (C(OH)–C–C–N with tert-alkyl or cyclic N) is 1. The summed E-state index contributed by atoms with van der Waals surface area (Å²) >= 11 is 0.398. The van der Waals surface area contributed by atoms with Crippen LogP contribution in [0.4, 0.5) is 19.3 Å². The zero-order valence-electron chi connectivity index (χ0n) is 10.8. The topological polar surface area (TPSA) is 52.6 Å². The molecule has 110 valence electrons. The predicted molar refractivity (Wildman–Crippen MR) is 74.1 cm³/mol. The highest BCUT2D eigenvalue weighted by Crippen LogP contribution is 2.31. The van der Waals surface area contributed by atoms with Gasteiger partial charge in [-0.2, -0.15) is 8.78 Å². The first-order valence-electron chi connectivity index (χ1n) is 6.34. The molecule has 0 bridgehead atoms. The van der Waals surface area contributed by atoms with E-state index in [-0.39, 0.29) is 12.6 Å². The fourth-order valence-corrected chi connectivity index (χ4v) is 2.70. The zero-order valence-corrected chi connectivity index (χ0v) is 11.6. The van der Waals surface area contributed by atoms with Crippen molar-refractivity contribution in [2.24, 2.45) is 0 Å². The quantitative estimate of drug-likeness (QED) is 0.844. The van der Waals surface area contributed by atoms with E-state index in [0.717, 1.165) is 6.42 Å². The van der Waals surface area contributed by atoms with Crippen molar-refractivity contribution < 1.29 is 18.7 Å². The number of rotatable bonds is 3. The van der Waals surface area contributed by atoms with Gasteiger partial charge in [0.15, 0.2) is 0 Å². The van der Waals surface area contributed by atoms with Crippen LogP contribution in [0.5, 0.6) is 0 Å². The van der Waals surface area contributed by atoms with Crippen LogP contribution in [-0.4, -0.2) is 41.0 Å². The standard InChI is InChI=1S/C13H16F2N2O2S/c14-12(15)20-11-6-2-1-5-10(11)16-13(19)17-7-3-4-9(18)8-17/h1-2,5-6,9,12,18H,3-4,7-8H2,(H,16,19). The summed E-state index contributed by atoms with van der Waals surface area (Å²) in [5.74, 6) is -2.54. The van der Waals surface area contributed by atoms with Crippen molar-refractivity contribution in [3.05, 3.63) is 24.3 Å². The summed E-state index contributed by atoms with van der Waals surface area (Å²) in [4.78, 5) is 13.9. The molecular weight excluding hydrogens is 286 g/mol. The van der Waals surface area contributed by atoms with E-state index in [4.69, 9.17) is 0 Å². The fourth-order valence-electron chi connectivity index (χ4n) is 2.10. The number of carbonyl (C=O) groups excluding carboxylic acids is 1. The molecule has 0 radical (unpaired) electrons. The third kappa shape index (κ3) is 4.08. The van der Waals surface area contributed by atoms with Crippen LogP contribution in [0.3, 0.4) is 0 Å². The summed E-state index contributed by atoms with van der Waals surface area (Å²) in [5.41, 5.74) is 0.364. The van der Waals surface area contributed by atoms with Crippen LogP contribution in [0.1, 0.15) is 12.8 Å². The Kier molecular flexibility index (Phi) is 5.19. The molecule has 1 aliphatic rings. The van der Waals surface area contributed by atoms with Gasteiger partial charge in [-0.05, 0) is 25.0 Å². The number of aliphatic hydroxyl groups excluding tert-OH is 1. The number of piperidine rings is 1. The number of urea groups is 1. The van der Waals surface area contributed by atoms with Crippen molar-refractivity contribution in [2.75, 3.05) is 18.4 Å². The Morgan fingerprint density at radius 1 is 1.45 bits per heavy atom. The average molecular weight is 302 g/mol. The van der Waals surface area contributed by atoms with Crippen molar-refractivity contribution in [3.8, 4) is 0 Å². The first-order valence-corrected chi connectivity index (χ1v) is 7.22. The Balaban J connectivity index is 2.03. The molecule has 1 atom stereocenters. The second kappa shape index (κ2) is 6.90. The van der Waals surface area contributed by atoms with Gasteiger partial charge in [-0.1, -0.05) is 23.9 Å². The van der Waals surface area contributed by atoms with Crippen LogP contribution in [0.2, 0.25) is 0 Å². The van der Waals surface area contributed by atoms with Gasteiger partial charge in [0.05, 0.1) is 11.8 Å². The van der Waals surface area contributed by atoms with E-state index in [1.54, 1.807) is 18.2 Å². The van der Waals surface area contributed by atoms with Crippen LogP contribution in [0, 0.1) is 0 Å². The molecule has 2 N–H and O–H groups in total. The lowest BCUT2D eigenvalue weighted by molar-refractivity contribution is 0.0883. The van der Waals surface area contributed by atoms with Gasteiger partial charge >= 0.3 is 6.03 Å². The number of hydrogen-bond acceptors (Lipinski definition) is 3. The molecule has 1 heterocycles. The first-order chi connectivity index (χ1) is 9.56. The molecule has 4 nitrogen and oxygen atoms in total. The van der Waals surface area contributed by atoms with Gasteiger partial charge in [-0.25, -0.2) is 4.79 Å². The third-order valence-corrected chi connectivity index (χ3v) is 3.82. The molecule has 1 saturated heterocycles. The number of alkyl halides is 2. The number of thioether (sulfide) groups is 1. The molecule has 1 aromatic rings. The van der Waals surface area contributed by atoms with E-state index in [9.17, 15) is 18.7 Å². The number of nitrogens with zero attached hydrogens (tertiary/aromatic N) is 1. The predicted octanol–water partition coefficient (Wildman–Crippen LogP) is 2.99. The number of hydrogen-bond donors (Lipinski definition) is 2. The molecule has 1 fully saturated rings. The Morgan fingerprint density at radius 2 is 2.20 bits per heavy atom. The van der Waals surface area contributed by atoms with Crippen molar-refractivity contribution in [1.82, 2.24) is 4.90 Å². The van der Waals surface area contributed by atoms with Crippen molar-refractivity contribution >= 4 is 23.5 Å². The summed E-state index contributed by atoms with van der Waals surface area (Å²) in [6, 6.07) is 6.08. The van der Waals surface area contributed by atoms with Gasteiger partial charge in [-0.3, -0.25) is 0 Å². The van der Waals surface area contributed by atoms with Gasteiger partial charge in [0.1, 0.15) is 0 Å². The Morgan fingerprint density at radius 3 is 2.90 bits per heavy atom. The number of anilines is 1. The lowest BCUT2D eigenvalue weighted by Crippen LogP contribution is -2.44. The Hall–Kier alpha value is -1.34. The number of aliphatic hydroxyl groups is 1. The van der Waals surface area contributed by atoms with Crippen LogP contribution < -0.4 is 5.32 Å². The molecule has 7 heteroatoms. The Bertz CT molecular complexity index is 473. The summed E-state index contributed by atoms with van der Waals surface area (Å²) in [7, 11) is 0. The van der Waals surface area contributed by atoms with Gasteiger partial charge in [0, 0.05) is 18.0 Å². The van der Waals surface area contributed by atoms with Gasteiger partial charge in [0.2, 0.25) is 0 Å². The van der Waals surface area contributed by atoms with Crippen LogP contribution >= 0.6 is 11.8 Å². The van der Waals surface area contributed by atoms with E-state index in [0.29, 0.717) is 35.3 Å². The number of halogens is 2. The molecule has 1 aliphatic heterocycles. The minimum absolute atomic E-state index is 0.274. The number of benzene rings is 1. The lowest BCUT2D eigenvalue weighted by Gasteiger charge is -2.30. The number of carbonyl (C=O) groups is 1. The van der Waals surface area contributed by atoms with E-state index in [2.05, 4.69) is 5.32 Å². The lowest BCUT2D eigenvalue weighted by atomic mass is 10.1.